The van der Waals surface area contributed by atoms with Gasteiger partial charge in [-0.05, 0) is 25.1 Å². The molecule has 0 spiro atoms. The maximum absolute atomic E-state index is 5.78. The third kappa shape index (κ3) is 2.28. The van der Waals surface area contributed by atoms with Crippen molar-refractivity contribution in [3.8, 4) is 5.75 Å². The molecule has 2 N–H and O–H groups in total. The van der Waals surface area contributed by atoms with Gasteiger partial charge in [-0.25, -0.2) is 4.98 Å². The number of ether oxygens (including phenoxy) is 1. The van der Waals surface area contributed by atoms with Crippen LogP contribution in [-0.4, -0.2) is 4.98 Å². The Kier molecular flexibility index (Phi) is 3.01. The summed E-state index contributed by atoms with van der Waals surface area (Å²) in [6.45, 7) is 2.16. The number of benzene rings is 1. The number of nitrogen functional groups attached to an aromatic ring is 1. The molecule has 0 saturated carbocycles. The molecule has 0 bridgehead atoms. The van der Waals surface area contributed by atoms with Crippen LogP contribution in [-0.2, 0) is 6.61 Å². The molecular formula is C11H11ClN2O2. The van der Waals surface area contributed by atoms with Gasteiger partial charge in [-0.1, -0.05) is 11.6 Å². The maximum Gasteiger partial charge on any atom is 0.181 e. The smallest absolute Gasteiger partial charge is 0.181 e. The van der Waals surface area contributed by atoms with Gasteiger partial charge in [0.15, 0.2) is 12.2 Å². The molecule has 0 fully saturated rings. The Bertz CT molecular complexity index is 496. The summed E-state index contributed by atoms with van der Waals surface area (Å²) in [4.78, 5) is 3.97. The summed E-state index contributed by atoms with van der Waals surface area (Å²) in [6.07, 6.45) is 1.39. The third-order valence-corrected chi connectivity index (χ3v) is 2.41. The van der Waals surface area contributed by atoms with Crippen LogP contribution in [0.3, 0.4) is 0 Å². The van der Waals surface area contributed by atoms with E-state index in [1.165, 1.54) is 6.39 Å². The van der Waals surface area contributed by atoms with Gasteiger partial charge < -0.3 is 14.9 Å². The first kappa shape index (κ1) is 10.8. The van der Waals surface area contributed by atoms with E-state index in [1.807, 2.05) is 6.92 Å². The molecule has 0 aliphatic carbocycles. The molecule has 16 heavy (non-hydrogen) atoms. The number of halogens is 1. The molecule has 0 radical (unpaired) electrons. The van der Waals surface area contributed by atoms with Gasteiger partial charge in [0.1, 0.15) is 12.4 Å². The highest BCUT2D eigenvalue weighted by atomic mass is 35.5. The highest BCUT2D eigenvalue weighted by molar-refractivity contribution is 6.30. The highest BCUT2D eigenvalue weighted by Crippen LogP contribution is 2.25. The second-order valence-corrected chi connectivity index (χ2v) is 3.77. The Hall–Kier alpha value is -1.68. The van der Waals surface area contributed by atoms with Crippen LogP contribution in [0.5, 0.6) is 5.75 Å². The summed E-state index contributed by atoms with van der Waals surface area (Å²) in [5.74, 6) is 1.27. The van der Waals surface area contributed by atoms with Crippen LogP contribution in [0, 0.1) is 6.92 Å². The first-order chi connectivity index (χ1) is 7.66. The van der Waals surface area contributed by atoms with Crippen molar-refractivity contribution in [1.82, 2.24) is 4.98 Å². The van der Waals surface area contributed by atoms with Crippen molar-refractivity contribution in [2.75, 3.05) is 5.73 Å². The van der Waals surface area contributed by atoms with Crippen molar-refractivity contribution in [3.63, 3.8) is 0 Å². The minimum atomic E-state index is 0.303. The first-order valence-corrected chi connectivity index (χ1v) is 5.11. The second kappa shape index (κ2) is 4.45. The normalized spacial score (nSPS) is 10.4. The number of nitrogens with two attached hydrogens (primary N) is 1. The SMILES string of the molecule is Cc1ncoc1COc1ccc(Cl)cc1N. The molecule has 2 aromatic rings. The molecule has 2 rings (SSSR count). The first-order valence-electron chi connectivity index (χ1n) is 4.73. The van der Waals surface area contributed by atoms with Crippen molar-refractivity contribution in [1.29, 1.82) is 0 Å². The van der Waals surface area contributed by atoms with Gasteiger partial charge in [-0.2, -0.15) is 0 Å². The summed E-state index contributed by atoms with van der Waals surface area (Å²) in [7, 11) is 0. The predicted molar refractivity (Wildman–Crippen MR) is 61.4 cm³/mol. The number of anilines is 1. The van der Waals surface area contributed by atoms with Gasteiger partial charge in [-0.3, -0.25) is 0 Å². The van der Waals surface area contributed by atoms with E-state index in [2.05, 4.69) is 4.98 Å². The molecule has 0 atom stereocenters. The van der Waals surface area contributed by atoms with Crippen LogP contribution in [0.4, 0.5) is 5.69 Å². The zero-order valence-electron chi connectivity index (χ0n) is 8.74. The molecule has 1 aromatic carbocycles. The van der Waals surface area contributed by atoms with Crippen molar-refractivity contribution in [2.45, 2.75) is 13.5 Å². The summed E-state index contributed by atoms with van der Waals surface area (Å²) >= 11 is 5.78. The van der Waals surface area contributed by atoms with E-state index in [0.717, 1.165) is 5.69 Å². The predicted octanol–water partition coefficient (Wildman–Crippen LogP) is 2.80. The number of oxazole rings is 1. The largest absolute Gasteiger partial charge is 0.483 e. The fourth-order valence-electron chi connectivity index (χ4n) is 1.26. The summed E-state index contributed by atoms with van der Waals surface area (Å²) in [5, 5.41) is 0.584. The standard InChI is InChI=1S/C11H11ClN2O2/c1-7-11(16-6-14-7)5-15-10-3-2-8(12)4-9(10)13/h2-4,6H,5,13H2,1H3. The molecular weight excluding hydrogens is 228 g/mol. The van der Waals surface area contributed by atoms with E-state index in [0.29, 0.717) is 28.8 Å². The van der Waals surface area contributed by atoms with Gasteiger partial charge in [0.05, 0.1) is 11.4 Å². The van der Waals surface area contributed by atoms with E-state index in [1.54, 1.807) is 18.2 Å². The van der Waals surface area contributed by atoms with Crippen molar-refractivity contribution in [3.05, 3.63) is 41.1 Å². The van der Waals surface area contributed by atoms with E-state index in [9.17, 15) is 0 Å². The molecule has 1 heterocycles. The molecule has 0 unspecified atom stereocenters. The maximum atomic E-state index is 5.78. The Labute approximate surface area is 98.0 Å². The molecule has 5 heteroatoms. The van der Waals surface area contributed by atoms with Crippen molar-refractivity contribution >= 4 is 17.3 Å². The Balaban J connectivity index is 2.08. The quantitative estimate of drug-likeness (QED) is 0.836. The number of rotatable bonds is 3. The molecule has 1 aromatic heterocycles. The average Bonchev–Trinajstić information content (AvgIpc) is 2.63. The van der Waals surface area contributed by atoms with Gasteiger partial charge >= 0.3 is 0 Å². The number of hydrogen-bond donors (Lipinski definition) is 1. The Morgan fingerprint density at radius 2 is 2.31 bits per heavy atom. The topological polar surface area (TPSA) is 61.3 Å². The lowest BCUT2D eigenvalue weighted by Gasteiger charge is -2.07. The fraction of sp³-hybridized carbons (Fsp3) is 0.182. The number of hydrogen-bond acceptors (Lipinski definition) is 4. The van der Waals surface area contributed by atoms with E-state index < -0.39 is 0 Å². The van der Waals surface area contributed by atoms with E-state index >= 15 is 0 Å². The minimum Gasteiger partial charge on any atom is -0.483 e. The summed E-state index contributed by atoms with van der Waals surface area (Å²) in [6, 6.07) is 5.09. The fourth-order valence-corrected chi connectivity index (χ4v) is 1.44. The molecule has 84 valence electrons. The lowest BCUT2D eigenvalue weighted by molar-refractivity contribution is 0.270. The van der Waals surface area contributed by atoms with Crippen LogP contribution < -0.4 is 10.5 Å². The number of nitrogens with zero attached hydrogens (tertiary/aromatic N) is 1. The summed E-state index contributed by atoms with van der Waals surface area (Å²) in [5.41, 5.74) is 7.06. The Morgan fingerprint density at radius 1 is 1.50 bits per heavy atom. The van der Waals surface area contributed by atoms with Gasteiger partial charge in [0, 0.05) is 5.02 Å². The molecule has 0 amide bonds. The van der Waals surface area contributed by atoms with Crippen LogP contribution in [0.2, 0.25) is 5.02 Å². The zero-order chi connectivity index (χ0) is 11.5. The minimum absolute atomic E-state index is 0.303. The van der Waals surface area contributed by atoms with Crippen molar-refractivity contribution < 1.29 is 9.15 Å². The zero-order valence-corrected chi connectivity index (χ0v) is 9.49. The molecule has 4 nitrogen and oxygen atoms in total. The summed E-state index contributed by atoms with van der Waals surface area (Å²) < 4.78 is 10.6. The van der Waals surface area contributed by atoms with Crippen molar-refractivity contribution in [2.24, 2.45) is 0 Å². The van der Waals surface area contributed by atoms with E-state index in [-0.39, 0.29) is 0 Å². The highest BCUT2D eigenvalue weighted by Gasteiger charge is 2.06. The Morgan fingerprint density at radius 3 is 2.94 bits per heavy atom. The molecule has 0 aliphatic heterocycles. The van der Waals surface area contributed by atoms with Crippen LogP contribution in [0.15, 0.2) is 29.0 Å². The monoisotopic (exact) mass is 238 g/mol. The van der Waals surface area contributed by atoms with Gasteiger partial charge in [0.2, 0.25) is 0 Å². The second-order valence-electron chi connectivity index (χ2n) is 3.33. The molecule has 0 saturated heterocycles. The lowest BCUT2D eigenvalue weighted by atomic mass is 10.3. The average molecular weight is 239 g/mol. The van der Waals surface area contributed by atoms with E-state index in [4.69, 9.17) is 26.5 Å². The van der Waals surface area contributed by atoms with Gasteiger partial charge in [-0.15, -0.1) is 0 Å². The number of aryl methyl sites for hydroxylation is 1. The van der Waals surface area contributed by atoms with Gasteiger partial charge in [0.25, 0.3) is 0 Å². The number of aromatic nitrogens is 1. The lowest BCUT2D eigenvalue weighted by Crippen LogP contribution is -1.99. The van der Waals surface area contributed by atoms with Crippen LogP contribution in [0.1, 0.15) is 11.5 Å². The molecule has 0 aliphatic rings. The van der Waals surface area contributed by atoms with Crippen LogP contribution >= 0.6 is 11.6 Å². The van der Waals surface area contributed by atoms with Crippen LogP contribution in [0.25, 0.3) is 0 Å². The third-order valence-electron chi connectivity index (χ3n) is 2.18.